The van der Waals surface area contributed by atoms with Crippen molar-refractivity contribution < 1.29 is 8.42 Å². The van der Waals surface area contributed by atoms with Crippen LogP contribution in [0.1, 0.15) is 63.8 Å². The highest BCUT2D eigenvalue weighted by molar-refractivity contribution is 7.89. The van der Waals surface area contributed by atoms with Gasteiger partial charge in [-0.05, 0) is 54.2 Å². The van der Waals surface area contributed by atoms with Crippen molar-refractivity contribution in [3.63, 3.8) is 0 Å². The van der Waals surface area contributed by atoms with Crippen LogP contribution in [-0.4, -0.2) is 23.2 Å². The van der Waals surface area contributed by atoms with Crippen molar-refractivity contribution in [3.05, 3.63) is 66.1 Å². The summed E-state index contributed by atoms with van der Waals surface area (Å²) in [7, 11) is -3.62. The van der Waals surface area contributed by atoms with Crippen molar-refractivity contribution in [2.45, 2.75) is 69.4 Å². The van der Waals surface area contributed by atoms with Gasteiger partial charge in [-0.1, -0.05) is 45.7 Å². The average Bonchev–Trinajstić information content (AvgIpc) is 3.42. The summed E-state index contributed by atoms with van der Waals surface area (Å²) in [5, 5.41) is 4.78. The van der Waals surface area contributed by atoms with E-state index >= 15 is 0 Å². The molecule has 31 heavy (non-hydrogen) atoms. The molecule has 1 fully saturated rings. The molecule has 0 atom stereocenters. The van der Waals surface area contributed by atoms with Crippen LogP contribution in [-0.2, 0) is 22.0 Å². The van der Waals surface area contributed by atoms with E-state index in [1.54, 1.807) is 24.5 Å². The zero-order valence-corrected chi connectivity index (χ0v) is 19.2. The van der Waals surface area contributed by atoms with E-state index in [0.29, 0.717) is 11.7 Å². The third kappa shape index (κ3) is 4.88. The fourth-order valence-corrected chi connectivity index (χ4v) is 5.08. The summed E-state index contributed by atoms with van der Waals surface area (Å²) in [6, 6.07) is 13.4. The molecule has 3 aromatic rings. The van der Waals surface area contributed by atoms with Crippen molar-refractivity contribution >= 4 is 10.0 Å². The van der Waals surface area contributed by atoms with Crippen molar-refractivity contribution in [1.29, 1.82) is 0 Å². The topological polar surface area (TPSA) is 76.9 Å². The Labute approximate surface area is 184 Å². The first-order chi connectivity index (χ1) is 14.7. The molecule has 7 heteroatoms. The van der Waals surface area contributed by atoms with E-state index in [0.717, 1.165) is 29.7 Å². The fraction of sp³-hybridized carbons (Fsp3) is 0.417. The first-order valence-corrected chi connectivity index (χ1v) is 12.3. The molecule has 0 unspecified atom stereocenters. The first-order valence-electron chi connectivity index (χ1n) is 10.8. The van der Waals surface area contributed by atoms with Crippen LogP contribution >= 0.6 is 0 Å². The van der Waals surface area contributed by atoms with Crippen molar-refractivity contribution in [2.75, 3.05) is 0 Å². The van der Waals surface area contributed by atoms with Gasteiger partial charge in [0.25, 0.3) is 0 Å². The molecule has 4 rings (SSSR count). The summed E-state index contributed by atoms with van der Waals surface area (Å²) in [5.41, 5.74) is 3.85. The van der Waals surface area contributed by atoms with Crippen LogP contribution in [0, 0.1) is 0 Å². The zero-order chi connectivity index (χ0) is 22.1. The Morgan fingerprint density at radius 1 is 1.03 bits per heavy atom. The van der Waals surface area contributed by atoms with Gasteiger partial charge in [0.05, 0.1) is 28.9 Å². The summed E-state index contributed by atoms with van der Waals surface area (Å²) in [6.07, 6.45) is 8.14. The average molecular weight is 439 g/mol. The number of pyridine rings is 1. The van der Waals surface area contributed by atoms with E-state index < -0.39 is 10.0 Å². The Balaban J connectivity index is 1.55. The number of hydrogen-bond acceptors (Lipinski definition) is 4. The zero-order valence-electron chi connectivity index (χ0n) is 18.4. The van der Waals surface area contributed by atoms with Crippen LogP contribution in [0.25, 0.3) is 11.3 Å². The Bertz CT molecular complexity index is 1120. The highest BCUT2D eigenvalue weighted by Gasteiger charge is 2.23. The Kier molecular flexibility index (Phi) is 5.99. The van der Waals surface area contributed by atoms with Crippen molar-refractivity contribution in [3.8, 4) is 11.3 Å². The molecule has 1 aromatic carbocycles. The van der Waals surface area contributed by atoms with Gasteiger partial charge in [0.1, 0.15) is 0 Å². The Morgan fingerprint density at radius 3 is 2.29 bits per heavy atom. The number of nitrogens with one attached hydrogen (secondary N) is 1. The van der Waals surface area contributed by atoms with Gasteiger partial charge >= 0.3 is 0 Å². The van der Waals surface area contributed by atoms with Gasteiger partial charge in [0.2, 0.25) is 10.0 Å². The van der Waals surface area contributed by atoms with E-state index in [2.05, 4.69) is 35.2 Å². The maximum atomic E-state index is 12.8. The standard InChI is InChI=1S/C24H30N4O2S/c1-24(2,3)19-8-10-22(11-9-19)31(29,30)26-17-20-16-23(18-12-14-25-15-13-18)28(27-20)21-6-4-5-7-21/h8-16,21,26H,4-7,17H2,1-3H3. The van der Waals surface area contributed by atoms with Crippen molar-refractivity contribution in [1.82, 2.24) is 19.5 Å². The van der Waals surface area contributed by atoms with Crippen LogP contribution in [0.3, 0.4) is 0 Å². The fourth-order valence-electron chi connectivity index (χ4n) is 4.08. The minimum absolute atomic E-state index is 0.0217. The second-order valence-corrected chi connectivity index (χ2v) is 11.0. The third-order valence-electron chi connectivity index (χ3n) is 5.91. The van der Waals surface area contributed by atoms with Crippen LogP contribution in [0.15, 0.2) is 59.8 Å². The lowest BCUT2D eigenvalue weighted by Gasteiger charge is -2.19. The third-order valence-corrected chi connectivity index (χ3v) is 7.32. The van der Waals surface area contributed by atoms with Crippen LogP contribution < -0.4 is 4.72 Å². The van der Waals surface area contributed by atoms with E-state index in [1.807, 2.05) is 30.3 Å². The quantitative estimate of drug-likeness (QED) is 0.598. The summed E-state index contributed by atoms with van der Waals surface area (Å²) in [6.45, 7) is 6.47. The Hall–Kier alpha value is -2.51. The van der Waals surface area contributed by atoms with Crippen LogP contribution in [0.5, 0.6) is 0 Å². The van der Waals surface area contributed by atoms with E-state index in [1.165, 1.54) is 12.8 Å². The van der Waals surface area contributed by atoms with Gasteiger partial charge in [-0.2, -0.15) is 5.10 Å². The molecule has 0 aliphatic heterocycles. The highest BCUT2D eigenvalue weighted by Crippen LogP contribution is 2.33. The first kappa shape index (κ1) is 21.7. The number of hydrogen-bond donors (Lipinski definition) is 1. The second kappa shape index (κ2) is 8.55. The molecule has 2 aromatic heterocycles. The molecule has 0 saturated heterocycles. The number of sulfonamides is 1. The minimum atomic E-state index is -3.62. The van der Waals surface area contributed by atoms with Gasteiger partial charge in [-0.15, -0.1) is 0 Å². The van der Waals surface area contributed by atoms with E-state index in [-0.39, 0.29) is 16.9 Å². The number of nitrogens with zero attached hydrogens (tertiary/aromatic N) is 3. The summed E-state index contributed by atoms with van der Waals surface area (Å²) in [4.78, 5) is 4.38. The summed E-state index contributed by atoms with van der Waals surface area (Å²) in [5.74, 6) is 0. The predicted molar refractivity (Wildman–Crippen MR) is 122 cm³/mol. The normalized spacial score (nSPS) is 15.5. The maximum absolute atomic E-state index is 12.8. The minimum Gasteiger partial charge on any atom is -0.265 e. The van der Waals surface area contributed by atoms with Gasteiger partial charge in [0, 0.05) is 18.0 Å². The number of aromatic nitrogens is 3. The largest absolute Gasteiger partial charge is 0.265 e. The van der Waals surface area contributed by atoms with Crippen molar-refractivity contribution in [2.24, 2.45) is 0 Å². The lowest BCUT2D eigenvalue weighted by atomic mass is 9.87. The maximum Gasteiger partial charge on any atom is 0.240 e. The molecule has 0 bridgehead atoms. The Morgan fingerprint density at radius 2 is 1.68 bits per heavy atom. The van der Waals surface area contributed by atoms with Crippen LogP contribution in [0.4, 0.5) is 0 Å². The summed E-state index contributed by atoms with van der Waals surface area (Å²) < 4.78 is 30.5. The molecule has 0 spiro atoms. The highest BCUT2D eigenvalue weighted by atomic mass is 32.2. The lowest BCUT2D eigenvalue weighted by molar-refractivity contribution is 0.467. The predicted octanol–water partition coefficient (Wildman–Crippen LogP) is 4.84. The van der Waals surface area contributed by atoms with E-state index in [4.69, 9.17) is 5.10 Å². The molecule has 1 saturated carbocycles. The molecular weight excluding hydrogens is 408 g/mol. The molecule has 0 amide bonds. The number of benzene rings is 1. The molecule has 1 aliphatic rings. The van der Waals surface area contributed by atoms with E-state index in [9.17, 15) is 8.42 Å². The van der Waals surface area contributed by atoms with Gasteiger partial charge < -0.3 is 0 Å². The molecule has 2 heterocycles. The van der Waals surface area contributed by atoms with Gasteiger partial charge in [-0.25, -0.2) is 13.1 Å². The van der Waals surface area contributed by atoms with Crippen LogP contribution in [0.2, 0.25) is 0 Å². The molecule has 1 aliphatic carbocycles. The molecule has 0 radical (unpaired) electrons. The second-order valence-electron chi connectivity index (χ2n) is 9.24. The SMILES string of the molecule is CC(C)(C)c1ccc(S(=O)(=O)NCc2cc(-c3ccncc3)n(C3CCCC3)n2)cc1. The molecular formula is C24H30N4O2S. The molecule has 1 N–H and O–H groups in total. The number of rotatable bonds is 6. The monoisotopic (exact) mass is 438 g/mol. The van der Waals surface area contributed by atoms with Gasteiger partial charge in [0.15, 0.2) is 0 Å². The van der Waals surface area contributed by atoms with Gasteiger partial charge in [-0.3, -0.25) is 9.67 Å². The molecule has 6 nitrogen and oxygen atoms in total. The summed E-state index contributed by atoms with van der Waals surface area (Å²) >= 11 is 0. The smallest absolute Gasteiger partial charge is 0.240 e. The molecule has 164 valence electrons. The lowest BCUT2D eigenvalue weighted by Crippen LogP contribution is -2.24.